The summed E-state index contributed by atoms with van der Waals surface area (Å²) in [5.74, 6) is -0.127. The number of hydrogen-bond acceptors (Lipinski definition) is 2. The SMILES string of the molecule is CCCCCCCCCCCCCCCC/C=C\CC/C=C/CCC(=O)OC. The van der Waals surface area contributed by atoms with Crippen molar-refractivity contribution >= 4 is 5.97 Å². The molecule has 164 valence electrons. The highest BCUT2D eigenvalue weighted by molar-refractivity contribution is 5.69. The highest BCUT2D eigenvalue weighted by Gasteiger charge is 1.95. The van der Waals surface area contributed by atoms with Gasteiger partial charge in [0.05, 0.1) is 7.11 Å². The van der Waals surface area contributed by atoms with E-state index >= 15 is 0 Å². The molecule has 0 fully saturated rings. The van der Waals surface area contributed by atoms with E-state index in [1.54, 1.807) is 0 Å². The Labute approximate surface area is 176 Å². The number of methoxy groups -OCH3 is 1. The van der Waals surface area contributed by atoms with E-state index in [1.807, 2.05) is 0 Å². The zero-order chi connectivity index (χ0) is 20.5. The molecule has 0 aromatic heterocycles. The summed E-state index contributed by atoms with van der Waals surface area (Å²) in [5, 5.41) is 0. The second kappa shape index (κ2) is 24.0. The standard InChI is InChI=1S/C26H48O2/c1-3-4-5-6-7-8-9-10-11-12-13-14-15-16-17-18-19-20-21-22-23-24-25-26(27)28-2/h18-19,22-23H,3-17,20-21,24-25H2,1-2H3/b19-18-,23-22+. The number of rotatable bonds is 21. The Morgan fingerprint density at radius 2 is 0.964 bits per heavy atom. The van der Waals surface area contributed by atoms with Gasteiger partial charge in [-0.1, -0.05) is 115 Å². The molecule has 0 aliphatic heterocycles. The molecule has 0 aliphatic carbocycles. The topological polar surface area (TPSA) is 26.3 Å². The molecular weight excluding hydrogens is 344 g/mol. The number of esters is 1. The van der Waals surface area contributed by atoms with Crippen molar-refractivity contribution in [1.82, 2.24) is 0 Å². The van der Waals surface area contributed by atoms with Crippen LogP contribution in [0.2, 0.25) is 0 Å². The average Bonchev–Trinajstić information content (AvgIpc) is 2.71. The maximum Gasteiger partial charge on any atom is 0.305 e. The van der Waals surface area contributed by atoms with Crippen LogP contribution in [0.25, 0.3) is 0 Å². The van der Waals surface area contributed by atoms with Crippen molar-refractivity contribution in [3.63, 3.8) is 0 Å². The molecular formula is C26H48O2. The zero-order valence-corrected chi connectivity index (χ0v) is 19.1. The number of allylic oxidation sites excluding steroid dienone is 4. The molecule has 2 heteroatoms. The van der Waals surface area contributed by atoms with Gasteiger partial charge in [0.25, 0.3) is 0 Å². The molecule has 2 nitrogen and oxygen atoms in total. The van der Waals surface area contributed by atoms with Gasteiger partial charge in [-0.3, -0.25) is 4.79 Å². The van der Waals surface area contributed by atoms with E-state index < -0.39 is 0 Å². The van der Waals surface area contributed by atoms with Crippen LogP contribution in [-0.2, 0) is 9.53 Å². The van der Waals surface area contributed by atoms with E-state index in [1.165, 1.54) is 103 Å². The largest absolute Gasteiger partial charge is 0.469 e. The van der Waals surface area contributed by atoms with Crippen molar-refractivity contribution in [3.05, 3.63) is 24.3 Å². The monoisotopic (exact) mass is 392 g/mol. The minimum atomic E-state index is -0.127. The lowest BCUT2D eigenvalue weighted by Crippen LogP contribution is -1.97. The highest BCUT2D eigenvalue weighted by atomic mass is 16.5. The van der Waals surface area contributed by atoms with Gasteiger partial charge in [-0.2, -0.15) is 0 Å². The second-order valence-corrected chi connectivity index (χ2v) is 8.02. The first-order valence-corrected chi connectivity index (χ1v) is 12.2. The van der Waals surface area contributed by atoms with Crippen molar-refractivity contribution < 1.29 is 9.53 Å². The normalized spacial score (nSPS) is 11.6. The van der Waals surface area contributed by atoms with Crippen LogP contribution in [0.3, 0.4) is 0 Å². The Morgan fingerprint density at radius 1 is 0.571 bits per heavy atom. The fourth-order valence-electron chi connectivity index (χ4n) is 3.42. The lowest BCUT2D eigenvalue weighted by molar-refractivity contribution is -0.140. The van der Waals surface area contributed by atoms with Gasteiger partial charge in [0.1, 0.15) is 0 Å². The molecule has 0 heterocycles. The van der Waals surface area contributed by atoms with E-state index in [0.29, 0.717) is 6.42 Å². The molecule has 0 amide bonds. The third-order valence-electron chi connectivity index (χ3n) is 5.30. The average molecular weight is 393 g/mol. The van der Waals surface area contributed by atoms with Crippen molar-refractivity contribution in [3.8, 4) is 0 Å². The summed E-state index contributed by atoms with van der Waals surface area (Å²) < 4.78 is 4.61. The fourth-order valence-corrected chi connectivity index (χ4v) is 3.42. The molecule has 0 rings (SSSR count). The molecule has 0 aromatic rings. The summed E-state index contributed by atoms with van der Waals surface area (Å²) in [7, 11) is 1.44. The Morgan fingerprint density at radius 3 is 1.43 bits per heavy atom. The first kappa shape index (κ1) is 27.0. The summed E-state index contributed by atoms with van der Waals surface area (Å²) in [6, 6.07) is 0. The molecule has 0 N–H and O–H groups in total. The first-order valence-electron chi connectivity index (χ1n) is 12.2. The van der Waals surface area contributed by atoms with Gasteiger partial charge in [-0.25, -0.2) is 0 Å². The molecule has 0 aromatic carbocycles. The molecule has 0 saturated heterocycles. The van der Waals surface area contributed by atoms with Gasteiger partial charge in [0, 0.05) is 6.42 Å². The van der Waals surface area contributed by atoms with Gasteiger partial charge in [0.2, 0.25) is 0 Å². The van der Waals surface area contributed by atoms with E-state index in [-0.39, 0.29) is 5.97 Å². The smallest absolute Gasteiger partial charge is 0.305 e. The number of hydrogen-bond donors (Lipinski definition) is 0. The summed E-state index contributed by atoms with van der Waals surface area (Å²) in [6.45, 7) is 2.29. The molecule has 0 atom stereocenters. The summed E-state index contributed by atoms with van der Waals surface area (Å²) >= 11 is 0. The van der Waals surface area contributed by atoms with Crippen LogP contribution in [0.4, 0.5) is 0 Å². The number of carbonyl (C=O) groups excluding carboxylic acids is 1. The maximum atomic E-state index is 11.0. The number of ether oxygens (including phenoxy) is 1. The van der Waals surface area contributed by atoms with Crippen molar-refractivity contribution in [1.29, 1.82) is 0 Å². The van der Waals surface area contributed by atoms with Crippen molar-refractivity contribution in [2.75, 3.05) is 7.11 Å². The molecule has 28 heavy (non-hydrogen) atoms. The van der Waals surface area contributed by atoms with Gasteiger partial charge in [0.15, 0.2) is 0 Å². The molecule has 0 unspecified atom stereocenters. The lowest BCUT2D eigenvalue weighted by atomic mass is 10.0. The van der Waals surface area contributed by atoms with Crippen LogP contribution in [0.5, 0.6) is 0 Å². The predicted octanol–water partition coefficient (Wildman–Crippen LogP) is 8.70. The summed E-state index contributed by atoms with van der Waals surface area (Å²) in [5.41, 5.74) is 0. The van der Waals surface area contributed by atoms with Gasteiger partial charge < -0.3 is 4.74 Å². The lowest BCUT2D eigenvalue weighted by Gasteiger charge is -2.02. The minimum absolute atomic E-state index is 0.127. The highest BCUT2D eigenvalue weighted by Crippen LogP contribution is 2.13. The minimum Gasteiger partial charge on any atom is -0.469 e. The predicted molar refractivity (Wildman–Crippen MR) is 124 cm³/mol. The number of unbranched alkanes of at least 4 members (excludes halogenated alkanes) is 15. The Kier molecular flexibility index (Phi) is 23.1. The summed E-state index contributed by atoms with van der Waals surface area (Å²) in [6.07, 6.45) is 33.5. The van der Waals surface area contributed by atoms with E-state index in [4.69, 9.17) is 0 Å². The second-order valence-electron chi connectivity index (χ2n) is 8.02. The summed E-state index contributed by atoms with van der Waals surface area (Å²) in [4.78, 5) is 11.0. The van der Waals surface area contributed by atoms with Crippen LogP contribution in [0, 0.1) is 0 Å². The molecule has 0 aliphatic rings. The van der Waals surface area contributed by atoms with Crippen LogP contribution in [0.1, 0.15) is 129 Å². The molecule has 0 spiro atoms. The Bertz CT molecular complexity index is 371. The number of carbonyl (C=O) groups is 1. The van der Waals surface area contributed by atoms with Gasteiger partial charge >= 0.3 is 5.97 Å². The molecule has 0 radical (unpaired) electrons. The molecule has 0 saturated carbocycles. The van der Waals surface area contributed by atoms with Crippen molar-refractivity contribution in [2.24, 2.45) is 0 Å². The van der Waals surface area contributed by atoms with E-state index in [0.717, 1.165) is 19.3 Å². The van der Waals surface area contributed by atoms with E-state index in [9.17, 15) is 4.79 Å². The van der Waals surface area contributed by atoms with Gasteiger partial charge in [-0.05, 0) is 32.1 Å². The van der Waals surface area contributed by atoms with Crippen LogP contribution in [0.15, 0.2) is 24.3 Å². The van der Waals surface area contributed by atoms with Crippen LogP contribution < -0.4 is 0 Å². The van der Waals surface area contributed by atoms with Crippen LogP contribution >= 0.6 is 0 Å². The van der Waals surface area contributed by atoms with E-state index in [2.05, 4.69) is 36.0 Å². The van der Waals surface area contributed by atoms with Crippen molar-refractivity contribution in [2.45, 2.75) is 129 Å². The zero-order valence-electron chi connectivity index (χ0n) is 19.1. The third-order valence-corrected chi connectivity index (χ3v) is 5.30. The Balaban J connectivity index is 3.15. The molecule has 0 bridgehead atoms. The Hall–Kier alpha value is -1.05. The first-order chi connectivity index (χ1) is 13.8. The third kappa shape index (κ3) is 23.0. The fraction of sp³-hybridized carbons (Fsp3) is 0.808. The quantitative estimate of drug-likeness (QED) is 0.111. The van der Waals surface area contributed by atoms with Gasteiger partial charge in [-0.15, -0.1) is 0 Å². The maximum absolute atomic E-state index is 11.0. The van der Waals surface area contributed by atoms with Crippen LogP contribution in [-0.4, -0.2) is 13.1 Å².